The van der Waals surface area contributed by atoms with Crippen LogP contribution in [-0.2, 0) is 13.0 Å². The van der Waals surface area contributed by atoms with E-state index < -0.39 is 0 Å². The lowest BCUT2D eigenvalue weighted by molar-refractivity contribution is 0.648. The topological polar surface area (TPSA) is 78.0 Å². The van der Waals surface area contributed by atoms with Gasteiger partial charge in [0.05, 0.1) is 23.1 Å². The van der Waals surface area contributed by atoms with Crippen molar-refractivity contribution in [1.82, 2.24) is 29.4 Å². The van der Waals surface area contributed by atoms with E-state index in [0.29, 0.717) is 29.6 Å². The van der Waals surface area contributed by atoms with Crippen molar-refractivity contribution in [3.8, 4) is 22.5 Å². The van der Waals surface area contributed by atoms with Gasteiger partial charge >= 0.3 is 0 Å². The van der Waals surface area contributed by atoms with Crippen molar-refractivity contribution < 1.29 is 0 Å². The van der Waals surface area contributed by atoms with E-state index in [1.54, 1.807) is 12.4 Å². The predicted octanol–water partition coefficient (Wildman–Crippen LogP) is 4.78. The van der Waals surface area contributed by atoms with E-state index in [0.717, 1.165) is 33.7 Å². The van der Waals surface area contributed by atoms with Gasteiger partial charge in [0.1, 0.15) is 17.0 Å². The minimum absolute atomic E-state index is 0.221. The number of pyridine rings is 1. The van der Waals surface area contributed by atoms with Crippen LogP contribution in [0.25, 0.3) is 38.9 Å². The molecule has 6 rings (SSSR count). The fraction of sp³-hybridized carbons (Fsp3) is 0.107. The Kier molecular flexibility index (Phi) is 5.15. The molecule has 0 N–H and O–H groups in total. The Morgan fingerprint density at radius 1 is 0.829 bits per heavy atom. The average molecular weight is 459 g/mol. The Hall–Kier alpha value is -4.65. The van der Waals surface area contributed by atoms with Gasteiger partial charge < -0.3 is 0 Å². The van der Waals surface area contributed by atoms with Crippen molar-refractivity contribution in [3.05, 3.63) is 113 Å². The number of nitrogens with zero attached hydrogens (tertiary/aromatic N) is 6. The highest BCUT2D eigenvalue weighted by Gasteiger charge is 2.21. The van der Waals surface area contributed by atoms with Crippen LogP contribution in [0.5, 0.6) is 0 Å². The molecule has 0 radical (unpaired) electrons. The molecule has 0 unspecified atom stereocenters. The molecule has 0 atom stereocenters. The number of rotatable bonds is 5. The summed E-state index contributed by atoms with van der Waals surface area (Å²) in [7, 11) is 0. The summed E-state index contributed by atoms with van der Waals surface area (Å²) in [5.74, 6) is 0.727. The lowest BCUT2D eigenvalue weighted by Crippen LogP contribution is -2.26. The minimum atomic E-state index is -0.221. The first-order chi connectivity index (χ1) is 17.2. The lowest BCUT2D eigenvalue weighted by atomic mass is 10.1. The predicted molar refractivity (Wildman–Crippen MR) is 136 cm³/mol. The smallest absolute Gasteiger partial charge is 0.265 e. The van der Waals surface area contributed by atoms with Crippen LogP contribution in [0, 0.1) is 0 Å². The Labute approximate surface area is 201 Å². The fourth-order valence-corrected chi connectivity index (χ4v) is 4.39. The second-order valence-electron chi connectivity index (χ2n) is 8.33. The maximum Gasteiger partial charge on any atom is 0.293 e. The standard InChI is InChI=1S/C28H22N6O/c1-2-24-30-27-25(23-17-22(31-34(23)24)20-11-7-4-8-12-20)26(21-13-15-29-16-14-21)32-33(28(27)35)18-19-9-5-3-6-10-19/h3-17H,2,18H2,1H3. The maximum atomic E-state index is 13.7. The van der Waals surface area contributed by atoms with Crippen molar-refractivity contribution >= 4 is 16.4 Å². The van der Waals surface area contributed by atoms with Crippen LogP contribution >= 0.6 is 0 Å². The molecule has 4 aromatic heterocycles. The Morgan fingerprint density at radius 2 is 1.54 bits per heavy atom. The summed E-state index contributed by atoms with van der Waals surface area (Å²) < 4.78 is 3.35. The molecule has 0 saturated heterocycles. The third-order valence-corrected chi connectivity index (χ3v) is 6.10. The van der Waals surface area contributed by atoms with Gasteiger partial charge in [0.2, 0.25) is 0 Å². The van der Waals surface area contributed by atoms with Crippen LogP contribution in [-0.4, -0.2) is 29.4 Å². The van der Waals surface area contributed by atoms with Crippen LogP contribution in [0.4, 0.5) is 0 Å². The van der Waals surface area contributed by atoms with E-state index >= 15 is 0 Å². The highest BCUT2D eigenvalue weighted by molar-refractivity contribution is 6.03. The SMILES string of the molecule is CCc1nc2c(=O)n(Cc3ccccc3)nc(-c3ccncc3)c2c2cc(-c3ccccc3)nn12. The van der Waals surface area contributed by atoms with E-state index in [9.17, 15) is 4.79 Å². The molecule has 0 fully saturated rings. The van der Waals surface area contributed by atoms with Crippen molar-refractivity contribution in [1.29, 1.82) is 0 Å². The number of benzene rings is 2. The van der Waals surface area contributed by atoms with E-state index in [1.165, 1.54) is 4.68 Å². The summed E-state index contributed by atoms with van der Waals surface area (Å²) in [6.07, 6.45) is 4.09. The lowest BCUT2D eigenvalue weighted by Gasteiger charge is -2.13. The molecular weight excluding hydrogens is 436 g/mol. The molecule has 4 heterocycles. The third kappa shape index (κ3) is 3.67. The molecule has 0 amide bonds. The zero-order valence-corrected chi connectivity index (χ0v) is 19.2. The van der Waals surface area contributed by atoms with E-state index in [-0.39, 0.29) is 5.56 Å². The van der Waals surface area contributed by atoms with Gasteiger partial charge in [-0.05, 0) is 23.8 Å². The van der Waals surface area contributed by atoms with E-state index in [1.807, 2.05) is 90.3 Å². The summed E-state index contributed by atoms with van der Waals surface area (Å²) >= 11 is 0. The van der Waals surface area contributed by atoms with Crippen molar-refractivity contribution in [2.24, 2.45) is 0 Å². The summed E-state index contributed by atoms with van der Waals surface area (Å²) in [4.78, 5) is 22.7. The molecule has 35 heavy (non-hydrogen) atoms. The van der Waals surface area contributed by atoms with Gasteiger partial charge in [0, 0.05) is 29.9 Å². The summed E-state index contributed by atoms with van der Waals surface area (Å²) in [5, 5.41) is 10.4. The highest BCUT2D eigenvalue weighted by Crippen LogP contribution is 2.30. The van der Waals surface area contributed by atoms with E-state index in [2.05, 4.69) is 4.98 Å². The van der Waals surface area contributed by atoms with Gasteiger partial charge in [-0.3, -0.25) is 9.78 Å². The van der Waals surface area contributed by atoms with Crippen LogP contribution < -0.4 is 5.56 Å². The highest BCUT2D eigenvalue weighted by atomic mass is 16.1. The van der Waals surface area contributed by atoms with Gasteiger partial charge in [-0.15, -0.1) is 0 Å². The Morgan fingerprint density at radius 3 is 2.26 bits per heavy atom. The quantitative estimate of drug-likeness (QED) is 0.372. The van der Waals surface area contributed by atoms with Gasteiger partial charge in [-0.2, -0.15) is 10.2 Å². The molecule has 7 nitrogen and oxygen atoms in total. The molecule has 0 spiro atoms. The monoisotopic (exact) mass is 458 g/mol. The van der Waals surface area contributed by atoms with Crippen LogP contribution in [0.3, 0.4) is 0 Å². The minimum Gasteiger partial charge on any atom is -0.265 e. The third-order valence-electron chi connectivity index (χ3n) is 6.10. The molecule has 0 aliphatic carbocycles. The van der Waals surface area contributed by atoms with Crippen molar-refractivity contribution in [2.75, 3.05) is 0 Å². The van der Waals surface area contributed by atoms with Gasteiger partial charge in [0.25, 0.3) is 5.56 Å². The Bertz CT molecular complexity index is 1710. The molecule has 170 valence electrons. The molecule has 6 aromatic rings. The summed E-state index contributed by atoms with van der Waals surface area (Å²) in [5.41, 5.74) is 5.35. The van der Waals surface area contributed by atoms with Gasteiger partial charge in [0.15, 0.2) is 0 Å². The summed E-state index contributed by atoms with van der Waals surface area (Å²) in [6, 6.07) is 25.7. The molecule has 0 aliphatic heterocycles. The second kappa shape index (κ2) is 8.61. The molecule has 0 saturated carbocycles. The summed E-state index contributed by atoms with van der Waals surface area (Å²) in [6.45, 7) is 2.38. The average Bonchev–Trinajstić information content (AvgIpc) is 3.37. The molecule has 0 bridgehead atoms. The Balaban J connectivity index is 1.70. The van der Waals surface area contributed by atoms with Gasteiger partial charge in [-0.25, -0.2) is 14.2 Å². The normalized spacial score (nSPS) is 11.3. The largest absolute Gasteiger partial charge is 0.293 e. The molecular formula is C28H22N6O. The van der Waals surface area contributed by atoms with Crippen LogP contribution in [0.15, 0.2) is 96.1 Å². The molecule has 7 heteroatoms. The molecule has 0 aliphatic rings. The van der Waals surface area contributed by atoms with Crippen molar-refractivity contribution in [2.45, 2.75) is 19.9 Å². The first-order valence-corrected chi connectivity index (χ1v) is 11.6. The van der Waals surface area contributed by atoms with Gasteiger partial charge in [-0.1, -0.05) is 67.6 Å². The van der Waals surface area contributed by atoms with E-state index in [4.69, 9.17) is 15.2 Å². The van der Waals surface area contributed by atoms with Crippen LogP contribution in [0.2, 0.25) is 0 Å². The number of hydrogen-bond donors (Lipinski definition) is 0. The first-order valence-electron chi connectivity index (χ1n) is 11.6. The number of hydrogen-bond acceptors (Lipinski definition) is 5. The zero-order chi connectivity index (χ0) is 23.8. The number of fused-ring (bicyclic) bond motifs is 3. The maximum absolute atomic E-state index is 13.7. The molecule has 2 aromatic carbocycles. The number of aromatic nitrogens is 6. The first kappa shape index (κ1) is 20.9. The fourth-order valence-electron chi connectivity index (χ4n) is 4.39. The zero-order valence-electron chi connectivity index (χ0n) is 19.2. The number of aryl methyl sites for hydroxylation is 1. The van der Waals surface area contributed by atoms with Crippen LogP contribution in [0.1, 0.15) is 18.3 Å². The van der Waals surface area contributed by atoms with Crippen molar-refractivity contribution in [3.63, 3.8) is 0 Å². The second-order valence-corrected chi connectivity index (χ2v) is 8.33.